The number of aryl methyl sites for hydroxylation is 2. The Morgan fingerprint density at radius 3 is 2.34 bits per heavy atom. The number of hydrogen-bond donors (Lipinski definition) is 0. The number of ether oxygens (including phenoxy) is 1. The lowest BCUT2D eigenvalue weighted by Crippen LogP contribution is -2.21. The molecule has 0 aliphatic rings. The molecule has 0 bridgehead atoms. The molecule has 0 atom stereocenters. The van der Waals surface area contributed by atoms with Crippen molar-refractivity contribution in [2.45, 2.75) is 33.7 Å². The third kappa shape index (κ3) is 3.83. The van der Waals surface area contributed by atoms with Gasteiger partial charge in [-0.25, -0.2) is 4.98 Å². The minimum atomic E-state index is 0.00260. The van der Waals surface area contributed by atoms with Crippen LogP contribution in [0.2, 0.25) is 0 Å². The first-order chi connectivity index (χ1) is 14.1. The molecule has 4 nitrogen and oxygen atoms in total. The summed E-state index contributed by atoms with van der Waals surface area (Å²) in [4.78, 5) is 19.8. The third-order valence-electron chi connectivity index (χ3n) is 5.09. The van der Waals surface area contributed by atoms with E-state index in [4.69, 9.17) is 4.74 Å². The van der Waals surface area contributed by atoms with E-state index in [1.54, 1.807) is 22.2 Å². The molecule has 0 radical (unpaired) electrons. The van der Waals surface area contributed by atoms with E-state index < -0.39 is 0 Å². The molecule has 4 rings (SSSR count). The maximum absolute atomic E-state index is 13.3. The van der Waals surface area contributed by atoms with Gasteiger partial charge in [-0.1, -0.05) is 43.3 Å². The van der Waals surface area contributed by atoms with Gasteiger partial charge in [-0.15, -0.1) is 11.3 Å². The van der Waals surface area contributed by atoms with Gasteiger partial charge in [-0.2, -0.15) is 0 Å². The zero-order chi connectivity index (χ0) is 20.4. The second kappa shape index (κ2) is 8.21. The maximum atomic E-state index is 13.3. The SMILES string of the molecule is CCOc1ccc(-c2c(C)sc3ncn(Cc4ccc(CC)cc4)c(=O)c23)cc1. The Morgan fingerprint density at radius 2 is 1.69 bits per heavy atom. The lowest BCUT2D eigenvalue weighted by molar-refractivity contribution is 0.340. The van der Waals surface area contributed by atoms with Gasteiger partial charge in [0.25, 0.3) is 5.56 Å². The smallest absolute Gasteiger partial charge is 0.263 e. The molecule has 0 unspecified atom stereocenters. The van der Waals surface area contributed by atoms with Crippen molar-refractivity contribution >= 4 is 21.6 Å². The molecular formula is C24H24N2O2S. The summed E-state index contributed by atoms with van der Waals surface area (Å²) in [5, 5.41) is 0.698. The average Bonchev–Trinajstić information content (AvgIpc) is 3.08. The van der Waals surface area contributed by atoms with Crippen LogP contribution in [0.25, 0.3) is 21.3 Å². The van der Waals surface area contributed by atoms with Crippen molar-refractivity contribution in [2.24, 2.45) is 0 Å². The van der Waals surface area contributed by atoms with E-state index in [1.807, 2.05) is 38.1 Å². The van der Waals surface area contributed by atoms with Crippen molar-refractivity contribution in [2.75, 3.05) is 6.61 Å². The zero-order valence-corrected chi connectivity index (χ0v) is 17.8. The normalized spacial score (nSPS) is 11.1. The highest BCUT2D eigenvalue weighted by Gasteiger charge is 2.17. The average molecular weight is 405 g/mol. The highest BCUT2D eigenvalue weighted by Crippen LogP contribution is 2.36. The Labute approximate surface area is 174 Å². The molecule has 0 aliphatic carbocycles. The second-order valence-corrected chi connectivity index (χ2v) is 8.22. The lowest BCUT2D eigenvalue weighted by atomic mass is 10.0. The van der Waals surface area contributed by atoms with Gasteiger partial charge < -0.3 is 4.74 Å². The minimum absolute atomic E-state index is 0.00260. The Morgan fingerprint density at radius 1 is 1.00 bits per heavy atom. The lowest BCUT2D eigenvalue weighted by Gasteiger charge is -2.08. The van der Waals surface area contributed by atoms with Crippen molar-refractivity contribution in [3.63, 3.8) is 0 Å². The van der Waals surface area contributed by atoms with Gasteiger partial charge in [0.2, 0.25) is 0 Å². The molecular weight excluding hydrogens is 380 g/mol. The Kier molecular flexibility index (Phi) is 5.49. The van der Waals surface area contributed by atoms with Gasteiger partial charge >= 0.3 is 0 Å². The van der Waals surface area contributed by atoms with Crippen LogP contribution >= 0.6 is 11.3 Å². The maximum Gasteiger partial charge on any atom is 0.263 e. The van der Waals surface area contributed by atoms with Crippen molar-refractivity contribution in [3.8, 4) is 16.9 Å². The van der Waals surface area contributed by atoms with E-state index in [2.05, 4.69) is 36.2 Å². The van der Waals surface area contributed by atoms with E-state index >= 15 is 0 Å². The van der Waals surface area contributed by atoms with Crippen molar-refractivity contribution in [3.05, 3.63) is 81.2 Å². The van der Waals surface area contributed by atoms with Crippen molar-refractivity contribution in [1.82, 2.24) is 9.55 Å². The van der Waals surface area contributed by atoms with Gasteiger partial charge in [-0.05, 0) is 49.1 Å². The monoisotopic (exact) mass is 404 g/mol. The Hall–Kier alpha value is -2.92. The van der Waals surface area contributed by atoms with Crippen molar-refractivity contribution in [1.29, 1.82) is 0 Å². The number of nitrogens with zero attached hydrogens (tertiary/aromatic N) is 2. The van der Waals surface area contributed by atoms with Crippen molar-refractivity contribution < 1.29 is 4.74 Å². The molecule has 29 heavy (non-hydrogen) atoms. The van der Waals surface area contributed by atoms with Crippen LogP contribution in [-0.4, -0.2) is 16.2 Å². The number of thiophene rings is 1. The largest absolute Gasteiger partial charge is 0.494 e. The highest BCUT2D eigenvalue weighted by molar-refractivity contribution is 7.19. The van der Waals surface area contributed by atoms with E-state index in [-0.39, 0.29) is 5.56 Å². The van der Waals surface area contributed by atoms with Gasteiger partial charge in [-0.3, -0.25) is 9.36 Å². The summed E-state index contributed by atoms with van der Waals surface area (Å²) < 4.78 is 7.25. The Balaban J connectivity index is 1.76. The zero-order valence-electron chi connectivity index (χ0n) is 16.9. The molecule has 0 aliphatic heterocycles. The number of aromatic nitrogens is 2. The first-order valence-corrected chi connectivity index (χ1v) is 10.7. The summed E-state index contributed by atoms with van der Waals surface area (Å²) in [6, 6.07) is 16.3. The summed E-state index contributed by atoms with van der Waals surface area (Å²) in [5.41, 5.74) is 4.38. The number of rotatable bonds is 6. The van der Waals surface area contributed by atoms with E-state index in [0.29, 0.717) is 18.5 Å². The fourth-order valence-electron chi connectivity index (χ4n) is 3.56. The topological polar surface area (TPSA) is 44.1 Å². The molecule has 4 aromatic rings. The van der Waals surface area contributed by atoms with Crippen LogP contribution < -0.4 is 10.3 Å². The highest BCUT2D eigenvalue weighted by atomic mass is 32.1. The fourth-order valence-corrected chi connectivity index (χ4v) is 4.56. The van der Waals surface area contributed by atoms with Crippen LogP contribution in [0.15, 0.2) is 59.7 Å². The van der Waals surface area contributed by atoms with E-state index in [0.717, 1.165) is 38.6 Å². The summed E-state index contributed by atoms with van der Waals surface area (Å²) >= 11 is 1.57. The van der Waals surface area contributed by atoms with Crippen LogP contribution in [-0.2, 0) is 13.0 Å². The molecule has 2 heterocycles. The van der Waals surface area contributed by atoms with Crippen LogP contribution in [0.4, 0.5) is 0 Å². The third-order valence-corrected chi connectivity index (χ3v) is 6.11. The molecule has 0 N–H and O–H groups in total. The number of hydrogen-bond acceptors (Lipinski definition) is 4. The fraction of sp³-hybridized carbons (Fsp3) is 0.250. The van der Waals surface area contributed by atoms with E-state index in [9.17, 15) is 4.79 Å². The number of benzene rings is 2. The molecule has 0 saturated carbocycles. The number of fused-ring (bicyclic) bond motifs is 1. The van der Waals surface area contributed by atoms with Gasteiger partial charge in [0.05, 0.1) is 24.9 Å². The molecule has 0 amide bonds. The Bertz CT molecular complexity index is 1190. The summed E-state index contributed by atoms with van der Waals surface area (Å²) in [6.45, 7) is 7.30. The molecule has 148 valence electrons. The molecule has 5 heteroatoms. The van der Waals surface area contributed by atoms with E-state index in [1.165, 1.54) is 5.56 Å². The molecule has 0 spiro atoms. The summed E-state index contributed by atoms with van der Waals surface area (Å²) in [5.74, 6) is 0.833. The summed E-state index contributed by atoms with van der Waals surface area (Å²) in [6.07, 6.45) is 2.67. The van der Waals surface area contributed by atoms with Crippen LogP contribution in [0.5, 0.6) is 5.75 Å². The van der Waals surface area contributed by atoms with Gasteiger partial charge in [0, 0.05) is 10.4 Å². The van der Waals surface area contributed by atoms with Crippen LogP contribution in [0.1, 0.15) is 29.9 Å². The molecule has 2 aromatic heterocycles. The standard InChI is InChI=1S/C24H24N2O2S/c1-4-17-6-8-18(9-7-17)14-26-15-25-23-22(24(26)27)21(16(3)29-23)19-10-12-20(13-11-19)28-5-2/h6-13,15H,4-5,14H2,1-3H3. The van der Waals surface area contributed by atoms with Gasteiger partial charge in [0.15, 0.2) is 0 Å². The minimum Gasteiger partial charge on any atom is -0.494 e. The van der Waals surface area contributed by atoms with Crippen LogP contribution in [0, 0.1) is 6.92 Å². The van der Waals surface area contributed by atoms with Gasteiger partial charge in [0.1, 0.15) is 10.6 Å². The predicted molar refractivity (Wildman–Crippen MR) is 120 cm³/mol. The first-order valence-electron chi connectivity index (χ1n) is 9.90. The molecule has 0 saturated heterocycles. The second-order valence-electron chi connectivity index (χ2n) is 7.02. The quantitative estimate of drug-likeness (QED) is 0.430. The summed E-state index contributed by atoms with van der Waals surface area (Å²) in [7, 11) is 0. The first kappa shape index (κ1) is 19.4. The molecule has 2 aromatic carbocycles. The molecule has 0 fully saturated rings. The van der Waals surface area contributed by atoms with Crippen LogP contribution in [0.3, 0.4) is 0 Å². The predicted octanol–water partition coefficient (Wildman–Crippen LogP) is 5.44.